The van der Waals surface area contributed by atoms with E-state index in [-0.39, 0.29) is 59.8 Å². The highest BCUT2D eigenvalue weighted by molar-refractivity contribution is 7.99. The van der Waals surface area contributed by atoms with E-state index in [1.807, 2.05) is 49.4 Å². The number of unbranched alkanes of at least 4 members (excludes halogenated alkanes) is 1. The molecule has 2 N–H and O–H groups in total. The van der Waals surface area contributed by atoms with Crippen LogP contribution in [0.2, 0.25) is 0 Å². The van der Waals surface area contributed by atoms with Crippen molar-refractivity contribution >= 4 is 56.1 Å². The van der Waals surface area contributed by atoms with Crippen molar-refractivity contribution in [1.82, 2.24) is 19.3 Å². The van der Waals surface area contributed by atoms with Crippen molar-refractivity contribution in [3.05, 3.63) is 75.5 Å². The van der Waals surface area contributed by atoms with Crippen LogP contribution in [0.15, 0.2) is 57.4 Å². The molecule has 3 heterocycles. The van der Waals surface area contributed by atoms with E-state index in [2.05, 4.69) is 63.1 Å². The number of ether oxygens (including phenoxy) is 1. The number of nitrogens with one attached hydrogen (secondary N) is 1. The van der Waals surface area contributed by atoms with Gasteiger partial charge in [-0.05, 0) is 98.9 Å². The Morgan fingerprint density at radius 2 is 1.80 bits per heavy atom. The van der Waals surface area contributed by atoms with Crippen LogP contribution in [-0.2, 0) is 19.6 Å². The molecule has 14 heteroatoms. The number of rotatable bonds is 16. The fraction of sp³-hybridized carbons (Fsp3) is 0.587. The Morgan fingerprint density at radius 1 is 1.10 bits per heavy atom. The molecule has 0 bridgehead atoms. The molecule has 12 nitrogen and oxygen atoms in total. The topological polar surface area (TPSA) is 156 Å². The van der Waals surface area contributed by atoms with Gasteiger partial charge in [0.25, 0.3) is 0 Å². The molecule has 0 saturated heterocycles. The Morgan fingerprint density at radius 3 is 2.43 bits per heavy atom. The normalized spacial score (nSPS) is 23.7. The quantitative estimate of drug-likeness (QED) is 0.107. The molecule has 1 fully saturated rings. The highest BCUT2D eigenvalue weighted by atomic mass is 32.2. The van der Waals surface area contributed by atoms with E-state index in [4.69, 9.17) is 14.7 Å². The molecule has 1 saturated carbocycles. The number of aryl methyl sites for hydroxylation is 1. The van der Waals surface area contributed by atoms with Gasteiger partial charge in [0, 0.05) is 41.6 Å². The summed E-state index contributed by atoms with van der Waals surface area (Å²) in [7, 11) is -3.39. The number of aromatic nitrogens is 3. The maximum absolute atomic E-state index is 14.9. The van der Waals surface area contributed by atoms with E-state index in [9.17, 15) is 23.1 Å². The van der Waals surface area contributed by atoms with Crippen molar-refractivity contribution in [2.45, 2.75) is 123 Å². The molecule has 0 spiro atoms. The second-order valence-electron chi connectivity index (χ2n) is 18.0. The number of thioether (sulfide) groups is 1. The van der Waals surface area contributed by atoms with Gasteiger partial charge in [-0.25, -0.2) is 37.3 Å². The third-order valence-electron chi connectivity index (χ3n) is 12.6. The molecule has 0 amide bonds. The number of aliphatic hydroxyl groups excluding tert-OH is 1. The summed E-state index contributed by atoms with van der Waals surface area (Å²) in [5.74, 6) is 1.65. The summed E-state index contributed by atoms with van der Waals surface area (Å²) in [6.07, 6.45) is 7.67. The van der Waals surface area contributed by atoms with E-state index in [1.54, 1.807) is 0 Å². The second-order valence-corrected chi connectivity index (χ2v) is 20.9. The van der Waals surface area contributed by atoms with E-state index in [1.165, 1.54) is 16.3 Å². The summed E-state index contributed by atoms with van der Waals surface area (Å²) in [5.41, 5.74) is 3.44. The molecule has 3 aliphatic rings. The predicted octanol–water partition coefficient (Wildman–Crippen LogP) is 7.99. The number of benzene rings is 2. The van der Waals surface area contributed by atoms with Gasteiger partial charge in [-0.15, -0.1) is 0 Å². The van der Waals surface area contributed by atoms with Crippen molar-refractivity contribution < 1.29 is 23.1 Å². The minimum Gasteiger partial charge on any atom is -0.458 e. The fourth-order valence-electron chi connectivity index (χ4n) is 9.59. The molecule has 3 aromatic rings. The lowest BCUT2D eigenvalue weighted by Gasteiger charge is -2.48. The summed E-state index contributed by atoms with van der Waals surface area (Å²) < 4.78 is 34.4. The maximum atomic E-state index is 14.9. The van der Waals surface area contributed by atoms with Crippen molar-refractivity contribution in [2.24, 2.45) is 28.7 Å². The predicted molar refractivity (Wildman–Crippen MR) is 243 cm³/mol. The van der Waals surface area contributed by atoms with Gasteiger partial charge in [-0.2, -0.15) is 4.98 Å². The highest BCUT2D eigenvalue weighted by Crippen LogP contribution is 2.46. The number of anilines is 1. The number of nitrogens with zero attached hydrogens (tertiary/aromatic N) is 5. The number of sulfonamides is 1. The van der Waals surface area contributed by atoms with Crippen molar-refractivity contribution in [3.63, 3.8) is 0 Å². The summed E-state index contributed by atoms with van der Waals surface area (Å²) in [6.45, 7) is 17.5. The number of fused-ring (bicyclic) bond motifs is 2. The average molecular weight is 861 g/mol. The van der Waals surface area contributed by atoms with Gasteiger partial charge >= 0.3 is 11.7 Å². The molecule has 1 aliphatic carbocycles. The first-order valence-electron chi connectivity index (χ1n) is 21.7. The molecule has 326 valence electrons. The number of hydrogen-bond acceptors (Lipinski definition) is 11. The molecule has 6 rings (SSSR count). The average Bonchev–Trinajstić information content (AvgIpc) is 3.51. The summed E-state index contributed by atoms with van der Waals surface area (Å²) in [5, 5.41) is 11.0. The standard InChI is InChI=1S/C46H64N6O6S2/c1-10-12-16-32(11-2)27-59-44-49-42-39(43(54)58-40-30(5)21-28(3)22-31(40)6)38(33-17-14-13-15-18-33)41(52(42)45(55)50-44)48-36-24-35-34(26-53)25-46(7,8)51(37(35)23-29(36)4)20-19-47-60(9,56)57/h13-15,17-18,23-24,28,30-32,34,40,47,53H,10-12,16,19-22,25-27H2,1-9H3. The number of allylic oxidation sites excluding steroid dienone is 1. The fourth-order valence-corrected chi connectivity index (χ4v) is 11.1. The second kappa shape index (κ2) is 19.0. The van der Waals surface area contributed by atoms with Crippen LogP contribution < -0.4 is 15.3 Å². The van der Waals surface area contributed by atoms with Crippen LogP contribution in [0.4, 0.5) is 11.4 Å². The Labute approximate surface area is 360 Å². The van der Waals surface area contributed by atoms with Crippen LogP contribution in [0.5, 0.6) is 0 Å². The maximum Gasteiger partial charge on any atom is 0.357 e. The number of carbonyl (C=O) groups excluding carboxylic acids is 1. The van der Waals surface area contributed by atoms with Gasteiger partial charge in [0.15, 0.2) is 16.8 Å². The van der Waals surface area contributed by atoms with Crippen LogP contribution in [0, 0.1) is 30.6 Å². The van der Waals surface area contributed by atoms with E-state index in [0.717, 1.165) is 67.3 Å². The number of aliphatic hydroxyl groups is 1. The zero-order chi connectivity index (χ0) is 43.5. The van der Waals surface area contributed by atoms with Crippen molar-refractivity contribution in [1.29, 1.82) is 0 Å². The lowest BCUT2D eigenvalue weighted by molar-refractivity contribution is -0.150. The van der Waals surface area contributed by atoms with Crippen molar-refractivity contribution in [2.75, 3.05) is 36.6 Å². The number of carbonyl (C=O) groups is 1. The van der Waals surface area contributed by atoms with Gasteiger partial charge in [0.1, 0.15) is 11.7 Å². The molecule has 4 atom stereocenters. The molecule has 60 heavy (non-hydrogen) atoms. The van der Waals surface area contributed by atoms with Crippen LogP contribution in [-0.4, -0.2) is 83.2 Å². The Kier molecular flexibility index (Phi) is 14.5. The zero-order valence-corrected chi connectivity index (χ0v) is 38.5. The first kappa shape index (κ1) is 45.7. The summed E-state index contributed by atoms with van der Waals surface area (Å²) >= 11 is 1.45. The van der Waals surface area contributed by atoms with E-state index >= 15 is 0 Å². The first-order chi connectivity index (χ1) is 28.5. The third-order valence-corrected chi connectivity index (χ3v) is 14.4. The van der Waals surface area contributed by atoms with Gasteiger partial charge in [0.2, 0.25) is 10.0 Å². The number of esters is 1. The van der Waals surface area contributed by atoms with Gasteiger partial charge < -0.3 is 14.7 Å². The largest absolute Gasteiger partial charge is 0.458 e. The van der Waals surface area contributed by atoms with Crippen LogP contribution in [0.1, 0.15) is 122 Å². The van der Waals surface area contributed by atoms with E-state index < -0.39 is 21.7 Å². The number of hydrogen-bond donors (Lipinski definition) is 2. The monoisotopic (exact) mass is 860 g/mol. The Hall–Kier alpha value is -3.85. The van der Waals surface area contributed by atoms with Crippen LogP contribution in [0.25, 0.3) is 11.1 Å². The third kappa shape index (κ3) is 10.1. The molecule has 0 radical (unpaired) electrons. The molecule has 1 aromatic heterocycles. The van der Waals surface area contributed by atoms with Crippen LogP contribution >= 0.6 is 11.8 Å². The highest BCUT2D eigenvalue weighted by Gasteiger charge is 2.42. The summed E-state index contributed by atoms with van der Waals surface area (Å²) in [4.78, 5) is 46.2. The van der Waals surface area contributed by atoms with Crippen LogP contribution in [0.3, 0.4) is 0 Å². The van der Waals surface area contributed by atoms with Gasteiger partial charge in [-0.3, -0.25) is 0 Å². The van der Waals surface area contributed by atoms with Gasteiger partial charge in [-0.1, -0.05) is 96.0 Å². The first-order valence-corrected chi connectivity index (χ1v) is 24.6. The molecular weight excluding hydrogens is 797 g/mol. The lowest BCUT2D eigenvalue weighted by atomic mass is 9.75. The smallest absolute Gasteiger partial charge is 0.357 e. The molecule has 2 aliphatic heterocycles. The molecular formula is C46H64N6O6S2. The van der Waals surface area contributed by atoms with E-state index in [0.29, 0.717) is 46.8 Å². The van der Waals surface area contributed by atoms with Crippen molar-refractivity contribution in [3.8, 4) is 0 Å². The molecule has 2 aromatic carbocycles. The zero-order valence-electron chi connectivity index (χ0n) is 36.8. The Bertz CT molecular complexity index is 2260. The number of aliphatic imine (C=N–C) groups is 1. The summed E-state index contributed by atoms with van der Waals surface area (Å²) in [6, 6.07) is 13.4. The molecule has 4 unspecified atom stereocenters. The Balaban J connectivity index is 1.53. The minimum absolute atomic E-state index is 0.0964. The minimum atomic E-state index is -3.39. The SMILES string of the molecule is CCCCC(CC)CSc1nc2n(c(=O)n1)C(=Nc1cc3c(cc1C)N(CCNS(C)(=O)=O)C(C)(C)CC3CO)C(c1ccccc1)=C2C(=O)OC1C(C)CC(C)CC1C. The lowest BCUT2D eigenvalue weighted by Crippen LogP contribution is -2.51. The van der Waals surface area contributed by atoms with Gasteiger partial charge in [0.05, 0.1) is 18.6 Å².